The van der Waals surface area contributed by atoms with Gasteiger partial charge in [0.25, 0.3) is 0 Å². The summed E-state index contributed by atoms with van der Waals surface area (Å²) in [7, 11) is 0. The first kappa shape index (κ1) is 21.3. The van der Waals surface area contributed by atoms with Gasteiger partial charge in [0.2, 0.25) is 5.95 Å². The number of para-hydroxylation sites is 1. The van der Waals surface area contributed by atoms with Crippen LogP contribution in [-0.2, 0) is 6.54 Å². The van der Waals surface area contributed by atoms with Gasteiger partial charge in [0.1, 0.15) is 11.6 Å². The number of rotatable bonds is 6. The maximum absolute atomic E-state index is 13.5. The molecule has 0 aliphatic carbocycles. The summed E-state index contributed by atoms with van der Waals surface area (Å²) in [6, 6.07) is 23.4. The molecule has 1 heterocycles. The van der Waals surface area contributed by atoms with Crippen molar-refractivity contribution in [2.24, 2.45) is 0 Å². The fraction of sp³-hybridized carbons (Fsp3) is 0.0417. The molecule has 4 aromatic rings. The van der Waals surface area contributed by atoms with Gasteiger partial charge >= 0.3 is 6.03 Å². The SMILES string of the molecule is O=C(Nc1ccccc1Cl)N(c1ccc(F)cc1)c1ccnc(NCc2ccccc2)n1. The van der Waals surface area contributed by atoms with Gasteiger partial charge < -0.3 is 10.6 Å². The minimum Gasteiger partial charge on any atom is -0.350 e. The molecule has 2 N–H and O–H groups in total. The van der Waals surface area contributed by atoms with Crippen LogP contribution in [0.2, 0.25) is 5.02 Å². The zero-order valence-electron chi connectivity index (χ0n) is 16.9. The van der Waals surface area contributed by atoms with Gasteiger partial charge in [0.15, 0.2) is 0 Å². The van der Waals surface area contributed by atoms with Gasteiger partial charge in [-0.1, -0.05) is 54.1 Å². The summed E-state index contributed by atoms with van der Waals surface area (Å²) in [6.07, 6.45) is 1.55. The highest BCUT2D eigenvalue weighted by molar-refractivity contribution is 6.33. The predicted molar refractivity (Wildman–Crippen MR) is 125 cm³/mol. The first-order valence-corrected chi connectivity index (χ1v) is 10.2. The molecule has 0 saturated heterocycles. The Kier molecular flexibility index (Phi) is 6.57. The molecule has 0 atom stereocenters. The van der Waals surface area contributed by atoms with Gasteiger partial charge in [-0.15, -0.1) is 0 Å². The van der Waals surface area contributed by atoms with Crippen LogP contribution >= 0.6 is 11.6 Å². The lowest BCUT2D eigenvalue weighted by atomic mass is 10.2. The van der Waals surface area contributed by atoms with E-state index in [9.17, 15) is 9.18 Å². The number of aromatic nitrogens is 2. The second-order valence-electron chi connectivity index (χ2n) is 6.80. The van der Waals surface area contributed by atoms with E-state index >= 15 is 0 Å². The zero-order chi connectivity index (χ0) is 22.3. The minimum atomic E-state index is -0.502. The first-order valence-electron chi connectivity index (χ1n) is 9.82. The van der Waals surface area contributed by atoms with E-state index in [1.54, 1.807) is 36.5 Å². The average molecular weight is 448 g/mol. The molecule has 32 heavy (non-hydrogen) atoms. The quantitative estimate of drug-likeness (QED) is 0.366. The number of nitrogens with one attached hydrogen (secondary N) is 2. The lowest BCUT2D eigenvalue weighted by Crippen LogP contribution is -2.31. The molecule has 0 bridgehead atoms. The molecular weight excluding hydrogens is 429 g/mol. The van der Waals surface area contributed by atoms with Crippen LogP contribution in [0.25, 0.3) is 0 Å². The van der Waals surface area contributed by atoms with Gasteiger partial charge in [0.05, 0.1) is 16.4 Å². The van der Waals surface area contributed by atoms with Crippen molar-refractivity contribution in [1.29, 1.82) is 0 Å². The molecule has 0 aliphatic heterocycles. The van der Waals surface area contributed by atoms with Gasteiger partial charge in [-0.3, -0.25) is 0 Å². The average Bonchev–Trinajstić information content (AvgIpc) is 2.82. The summed E-state index contributed by atoms with van der Waals surface area (Å²) in [4.78, 5) is 23.3. The van der Waals surface area contributed by atoms with Crippen molar-refractivity contribution in [2.75, 3.05) is 15.5 Å². The Morgan fingerprint density at radius 3 is 2.41 bits per heavy atom. The van der Waals surface area contributed by atoms with Gasteiger partial charge in [-0.25, -0.2) is 19.1 Å². The zero-order valence-corrected chi connectivity index (χ0v) is 17.6. The maximum atomic E-state index is 13.5. The van der Waals surface area contributed by atoms with Crippen LogP contribution < -0.4 is 15.5 Å². The third-order valence-electron chi connectivity index (χ3n) is 4.57. The number of carbonyl (C=O) groups is 1. The molecule has 0 spiro atoms. The van der Waals surface area contributed by atoms with Crippen LogP contribution in [0.3, 0.4) is 0 Å². The second-order valence-corrected chi connectivity index (χ2v) is 7.21. The number of hydrogen-bond acceptors (Lipinski definition) is 4. The number of amides is 2. The van der Waals surface area contributed by atoms with Crippen LogP contribution in [0, 0.1) is 5.82 Å². The topological polar surface area (TPSA) is 70.2 Å². The molecular formula is C24H19ClFN5O. The maximum Gasteiger partial charge on any atom is 0.332 e. The Morgan fingerprint density at radius 2 is 1.66 bits per heavy atom. The summed E-state index contributed by atoms with van der Waals surface area (Å²) in [6.45, 7) is 0.520. The van der Waals surface area contributed by atoms with E-state index in [1.807, 2.05) is 30.3 Å². The smallest absolute Gasteiger partial charge is 0.332 e. The normalized spacial score (nSPS) is 10.4. The van der Waals surface area contributed by atoms with Crippen molar-refractivity contribution >= 4 is 40.8 Å². The molecule has 3 aromatic carbocycles. The monoisotopic (exact) mass is 447 g/mol. The Balaban J connectivity index is 1.63. The second kappa shape index (κ2) is 9.89. The molecule has 0 saturated carbocycles. The highest BCUT2D eigenvalue weighted by Crippen LogP contribution is 2.27. The molecule has 0 aliphatic rings. The molecule has 0 unspecified atom stereocenters. The fourth-order valence-corrected chi connectivity index (χ4v) is 3.20. The van der Waals surface area contributed by atoms with Crippen molar-refractivity contribution in [3.63, 3.8) is 0 Å². The molecule has 4 rings (SSSR count). The number of halogens is 2. The fourth-order valence-electron chi connectivity index (χ4n) is 3.01. The first-order chi connectivity index (χ1) is 15.6. The van der Waals surface area contributed by atoms with E-state index in [1.165, 1.54) is 29.2 Å². The van der Waals surface area contributed by atoms with E-state index in [4.69, 9.17) is 11.6 Å². The van der Waals surface area contributed by atoms with Crippen LogP contribution in [0.5, 0.6) is 0 Å². The molecule has 8 heteroatoms. The third kappa shape index (κ3) is 5.19. The van der Waals surface area contributed by atoms with E-state index in [2.05, 4.69) is 20.6 Å². The van der Waals surface area contributed by atoms with Gasteiger partial charge in [0, 0.05) is 18.8 Å². The number of carbonyl (C=O) groups excluding carboxylic acids is 1. The van der Waals surface area contributed by atoms with E-state index in [0.717, 1.165) is 5.56 Å². The minimum absolute atomic E-state index is 0.312. The largest absolute Gasteiger partial charge is 0.350 e. The predicted octanol–water partition coefficient (Wildman–Crippen LogP) is 6.25. The lowest BCUT2D eigenvalue weighted by molar-refractivity contribution is 0.259. The number of urea groups is 1. The highest BCUT2D eigenvalue weighted by Gasteiger charge is 2.21. The van der Waals surface area contributed by atoms with Crippen molar-refractivity contribution in [1.82, 2.24) is 9.97 Å². The number of hydrogen-bond donors (Lipinski definition) is 2. The van der Waals surface area contributed by atoms with E-state index in [0.29, 0.717) is 34.7 Å². The van der Waals surface area contributed by atoms with E-state index < -0.39 is 11.8 Å². The van der Waals surface area contributed by atoms with Crippen molar-refractivity contribution in [3.8, 4) is 0 Å². The Labute approximate surface area is 189 Å². The molecule has 1 aromatic heterocycles. The van der Waals surface area contributed by atoms with Gasteiger partial charge in [-0.2, -0.15) is 4.98 Å². The molecule has 160 valence electrons. The highest BCUT2D eigenvalue weighted by atomic mass is 35.5. The Hall–Kier alpha value is -3.97. The molecule has 2 amide bonds. The molecule has 0 radical (unpaired) electrons. The Bertz CT molecular complexity index is 1200. The van der Waals surface area contributed by atoms with Crippen LogP contribution in [-0.4, -0.2) is 16.0 Å². The van der Waals surface area contributed by atoms with Crippen LogP contribution in [0.1, 0.15) is 5.56 Å². The molecule has 6 nitrogen and oxygen atoms in total. The number of anilines is 4. The van der Waals surface area contributed by atoms with E-state index in [-0.39, 0.29) is 0 Å². The van der Waals surface area contributed by atoms with Crippen molar-refractivity contribution < 1.29 is 9.18 Å². The number of nitrogens with zero attached hydrogens (tertiary/aromatic N) is 3. The van der Waals surface area contributed by atoms with Crippen molar-refractivity contribution in [3.05, 3.63) is 108 Å². The van der Waals surface area contributed by atoms with Crippen LogP contribution in [0.15, 0.2) is 91.1 Å². The van der Waals surface area contributed by atoms with Crippen molar-refractivity contribution in [2.45, 2.75) is 6.54 Å². The summed E-state index contributed by atoms with van der Waals surface area (Å²) in [5.74, 6) is 0.254. The summed E-state index contributed by atoms with van der Waals surface area (Å²) >= 11 is 6.19. The summed E-state index contributed by atoms with van der Waals surface area (Å²) in [5, 5.41) is 6.33. The van der Waals surface area contributed by atoms with Crippen LogP contribution in [0.4, 0.5) is 32.3 Å². The lowest BCUT2D eigenvalue weighted by Gasteiger charge is -2.23. The van der Waals surface area contributed by atoms with Gasteiger partial charge in [-0.05, 0) is 42.0 Å². The molecule has 0 fully saturated rings. The summed E-state index contributed by atoms with van der Waals surface area (Å²) < 4.78 is 13.5. The Morgan fingerprint density at radius 1 is 0.938 bits per heavy atom. The summed E-state index contributed by atoms with van der Waals surface area (Å²) in [5.41, 5.74) is 1.94. The third-order valence-corrected chi connectivity index (χ3v) is 4.90. The standard InChI is InChI=1S/C24H19ClFN5O/c25-20-8-4-5-9-21(20)29-24(32)31(19-12-10-18(26)11-13-19)22-14-15-27-23(30-22)28-16-17-6-2-1-3-7-17/h1-15H,16H2,(H,29,32)(H,27,28,30). The number of benzene rings is 3.